The molecule has 2 amide bonds. The fourth-order valence-corrected chi connectivity index (χ4v) is 2.29. The second kappa shape index (κ2) is 8.00. The molecule has 1 fully saturated rings. The van der Waals surface area contributed by atoms with Crippen LogP contribution in [0.15, 0.2) is 24.3 Å². The molecular formula is C15H22ClN3O2. The van der Waals surface area contributed by atoms with Gasteiger partial charge < -0.3 is 15.5 Å². The molecule has 21 heavy (non-hydrogen) atoms. The molecule has 1 aliphatic rings. The van der Waals surface area contributed by atoms with E-state index in [-0.39, 0.29) is 30.3 Å². The summed E-state index contributed by atoms with van der Waals surface area (Å²) in [5.41, 5.74) is 1.29. The van der Waals surface area contributed by atoms with Gasteiger partial charge in [0.2, 0.25) is 5.91 Å². The first-order chi connectivity index (χ1) is 9.61. The largest absolute Gasteiger partial charge is 0.333 e. The molecule has 1 aromatic carbocycles. The molecule has 1 heterocycles. The number of nitrogens with zero attached hydrogens (tertiary/aromatic N) is 1. The van der Waals surface area contributed by atoms with Crippen molar-refractivity contribution in [3.8, 4) is 0 Å². The summed E-state index contributed by atoms with van der Waals surface area (Å²) in [6.45, 7) is 6.19. The summed E-state index contributed by atoms with van der Waals surface area (Å²) in [4.78, 5) is 25.8. The molecule has 116 valence electrons. The number of benzene rings is 1. The molecule has 0 saturated carbocycles. The Morgan fingerprint density at radius 3 is 2.86 bits per heavy atom. The molecule has 6 heteroatoms. The topological polar surface area (TPSA) is 61.4 Å². The van der Waals surface area contributed by atoms with Gasteiger partial charge in [-0.1, -0.05) is 13.0 Å². The van der Waals surface area contributed by atoms with Crippen molar-refractivity contribution in [1.29, 1.82) is 0 Å². The summed E-state index contributed by atoms with van der Waals surface area (Å²) in [7, 11) is 0. The predicted molar refractivity (Wildman–Crippen MR) is 86.0 cm³/mol. The van der Waals surface area contributed by atoms with Crippen molar-refractivity contribution in [2.24, 2.45) is 0 Å². The molecule has 1 unspecified atom stereocenters. The number of halogens is 1. The lowest BCUT2D eigenvalue weighted by Crippen LogP contribution is -2.52. The number of hydrogen-bond acceptors (Lipinski definition) is 3. The Kier molecular flexibility index (Phi) is 6.65. The lowest BCUT2D eigenvalue weighted by Gasteiger charge is -2.34. The highest BCUT2D eigenvalue weighted by molar-refractivity contribution is 5.97. The van der Waals surface area contributed by atoms with Gasteiger partial charge in [0.15, 0.2) is 0 Å². The zero-order valence-corrected chi connectivity index (χ0v) is 13.2. The van der Waals surface area contributed by atoms with Crippen LogP contribution in [-0.4, -0.2) is 42.4 Å². The Balaban J connectivity index is 0.00000220. The maximum Gasteiger partial charge on any atom is 0.254 e. The van der Waals surface area contributed by atoms with Crippen LogP contribution in [0.1, 0.15) is 30.6 Å². The van der Waals surface area contributed by atoms with Crippen LogP contribution in [0.25, 0.3) is 0 Å². The maximum atomic E-state index is 12.5. The minimum absolute atomic E-state index is 0. The maximum absolute atomic E-state index is 12.5. The van der Waals surface area contributed by atoms with Crippen LogP contribution in [0.4, 0.5) is 5.69 Å². The summed E-state index contributed by atoms with van der Waals surface area (Å²) >= 11 is 0. The minimum Gasteiger partial charge on any atom is -0.333 e. The van der Waals surface area contributed by atoms with E-state index >= 15 is 0 Å². The monoisotopic (exact) mass is 311 g/mol. The standard InChI is InChI=1S/C15H21N3O2.ClH/c1-3-14(19)17-13-6-4-5-12(9-13)15(20)18-8-7-16-10-11(18)2;/h4-6,9,11,16H,3,7-8,10H2,1-2H3,(H,17,19);1H. The van der Waals surface area contributed by atoms with E-state index in [0.29, 0.717) is 24.2 Å². The molecule has 0 radical (unpaired) electrons. The highest BCUT2D eigenvalue weighted by Gasteiger charge is 2.24. The molecule has 1 saturated heterocycles. The number of piperazine rings is 1. The zero-order chi connectivity index (χ0) is 14.5. The van der Waals surface area contributed by atoms with E-state index in [9.17, 15) is 9.59 Å². The lowest BCUT2D eigenvalue weighted by molar-refractivity contribution is -0.115. The van der Waals surface area contributed by atoms with Crippen LogP contribution < -0.4 is 10.6 Å². The Labute approximate surface area is 131 Å². The molecule has 5 nitrogen and oxygen atoms in total. The summed E-state index contributed by atoms with van der Waals surface area (Å²) in [5, 5.41) is 6.04. The van der Waals surface area contributed by atoms with Crippen LogP contribution in [-0.2, 0) is 4.79 Å². The molecule has 0 bridgehead atoms. The van der Waals surface area contributed by atoms with Gasteiger partial charge in [0.25, 0.3) is 5.91 Å². The molecule has 0 spiro atoms. The van der Waals surface area contributed by atoms with E-state index in [1.54, 1.807) is 31.2 Å². The smallest absolute Gasteiger partial charge is 0.254 e. The van der Waals surface area contributed by atoms with Crippen LogP contribution >= 0.6 is 12.4 Å². The van der Waals surface area contributed by atoms with E-state index in [1.807, 2.05) is 11.8 Å². The van der Waals surface area contributed by atoms with E-state index in [0.717, 1.165) is 13.1 Å². The highest BCUT2D eigenvalue weighted by Crippen LogP contribution is 2.15. The van der Waals surface area contributed by atoms with Crippen molar-refractivity contribution in [2.75, 3.05) is 25.0 Å². The molecule has 0 aromatic heterocycles. The summed E-state index contributed by atoms with van der Waals surface area (Å²) in [6, 6.07) is 7.31. The molecule has 0 aliphatic carbocycles. The molecule has 2 rings (SSSR count). The number of anilines is 1. The highest BCUT2D eigenvalue weighted by atomic mass is 35.5. The average molecular weight is 312 g/mol. The summed E-state index contributed by atoms with van der Waals surface area (Å²) < 4.78 is 0. The number of rotatable bonds is 3. The first kappa shape index (κ1) is 17.5. The van der Waals surface area contributed by atoms with Crippen molar-refractivity contribution in [3.05, 3.63) is 29.8 Å². The van der Waals surface area contributed by atoms with Crippen LogP contribution in [0.5, 0.6) is 0 Å². The Morgan fingerprint density at radius 2 is 2.19 bits per heavy atom. The normalized spacial score (nSPS) is 17.8. The molecule has 1 aliphatic heterocycles. The second-order valence-corrected chi connectivity index (χ2v) is 5.03. The van der Waals surface area contributed by atoms with Gasteiger partial charge in [0.05, 0.1) is 0 Å². The quantitative estimate of drug-likeness (QED) is 0.896. The molecule has 1 atom stereocenters. The third-order valence-corrected chi connectivity index (χ3v) is 3.48. The minimum atomic E-state index is -0.0508. The van der Waals surface area contributed by atoms with Gasteiger partial charge in [-0.3, -0.25) is 9.59 Å². The first-order valence-electron chi connectivity index (χ1n) is 7.03. The van der Waals surface area contributed by atoms with Crippen molar-refractivity contribution < 1.29 is 9.59 Å². The van der Waals surface area contributed by atoms with Gasteiger partial charge in [0.1, 0.15) is 0 Å². The van der Waals surface area contributed by atoms with E-state index < -0.39 is 0 Å². The molecule has 1 aromatic rings. The molecular weight excluding hydrogens is 290 g/mol. The van der Waals surface area contributed by atoms with Crippen molar-refractivity contribution >= 4 is 29.9 Å². The van der Waals surface area contributed by atoms with Gasteiger partial charge in [-0.15, -0.1) is 12.4 Å². The first-order valence-corrected chi connectivity index (χ1v) is 7.03. The Morgan fingerprint density at radius 1 is 1.43 bits per heavy atom. The van der Waals surface area contributed by atoms with Crippen molar-refractivity contribution in [1.82, 2.24) is 10.2 Å². The number of nitrogens with one attached hydrogen (secondary N) is 2. The number of hydrogen-bond donors (Lipinski definition) is 2. The summed E-state index contributed by atoms with van der Waals surface area (Å²) in [6.07, 6.45) is 0.424. The third-order valence-electron chi connectivity index (χ3n) is 3.48. The Bertz CT molecular complexity index is 507. The van der Waals surface area contributed by atoms with Gasteiger partial charge in [-0.25, -0.2) is 0 Å². The fraction of sp³-hybridized carbons (Fsp3) is 0.467. The van der Waals surface area contributed by atoms with Gasteiger partial charge in [-0.2, -0.15) is 0 Å². The van der Waals surface area contributed by atoms with Gasteiger partial charge in [0, 0.05) is 43.3 Å². The average Bonchev–Trinajstić information content (AvgIpc) is 2.47. The zero-order valence-electron chi connectivity index (χ0n) is 12.4. The SMILES string of the molecule is CCC(=O)Nc1cccc(C(=O)N2CCNCC2C)c1.Cl. The van der Waals surface area contributed by atoms with E-state index in [4.69, 9.17) is 0 Å². The van der Waals surface area contributed by atoms with Crippen LogP contribution in [0.3, 0.4) is 0 Å². The van der Waals surface area contributed by atoms with Crippen LogP contribution in [0, 0.1) is 0 Å². The van der Waals surface area contributed by atoms with Gasteiger partial charge >= 0.3 is 0 Å². The van der Waals surface area contributed by atoms with E-state index in [1.165, 1.54) is 0 Å². The molecule has 2 N–H and O–H groups in total. The number of amides is 2. The third kappa shape index (κ3) is 4.44. The summed E-state index contributed by atoms with van der Waals surface area (Å²) in [5.74, 6) is -0.0308. The van der Waals surface area contributed by atoms with Crippen molar-refractivity contribution in [2.45, 2.75) is 26.3 Å². The lowest BCUT2D eigenvalue weighted by atomic mass is 10.1. The second-order valence-electron chi connectivity index (χ2n) is 5.03. The number of carbonyl (C=O) groups is 2. The Hall–Kier alpha value is -1.59. The van der Waals surface area contributed by atoms with Crippen LogP contribution in [0.2, 0.25) is 0 Å². The predicted octanol–water partition coefficient (Wildman–Crippen LogP) is 1.89. The van der Waals surface area contributed by atoms with Gasteiger partial charge in [-0.05, 0) is 25.1 Å². The number of carbonyl (C=O) groups excluding carboxylic acids is 2. The van der Waals surface area contributed by atoms with Crippen molar-refractivity contribution in [3.63, 3.8) is 0 Å². The van der Waals surface area contributed by atoms with E-state index in [2.05, 4.69) is 10.6 Å². The fourth-order valence-electron chi connectivity index (χ4n) is 2.29.